The Hall–Kier alpha value is -1.26. The third-order valence-electron chi connectivity index (χ3n) is 2.92. The van der Waals surface area contributed by atoms with E-state index >= 15 is 0 Å². The lowest BCUT2D eigenvalue weighted by Crippen LogP contribution is -2.22. The van der Waals surface area contributed by atoms with Crippen molar-refractivity contribution in [3.63, 3.8) is 0 Å². The van der Waals surface area contributed by atoms with Crippen LogP contribution in [0, 0.1) is 0 Å². The number of sulfonamides is 2. The molecule has 1 aromatic carbocycles. The number of nitrogens with one attached hydrogen (secondary N) is 2. The first-order valence-corrected chi connectivity index (χ1v) is 10.4. The Morgan fingerprint density at radius 2 is 1.64 bits per heavy atom. The van der Waals surface area contributed by atoms with Crippen LogP contribution in [0.3, 0.4) is 0 Å². The summed E-state index contributed by atoms with van der Waals surface area (Å²) in [6.45, 7) is 0.152. The molecule has 0 fully saturated rings. The van der Waals surface area contributed by atoms with Gasteiger partial charge in [-0.1, -0.05) is 30.3 Å². The molecule has 0 aliphatic carbocycles. The second-order valence-electron chi connectivity index (χ2n) is 4.54. The summed E-state index contributed by atoms with van der Waals surface area (Å²) in [5.41, 5.74) is 1.39. The average Bonchev–Trinajstić information content (AvgIpc) is 3.01. The highest BCUT2D eigenvalue weighted by Gasteiger charge is 2.14. The Morgan fingerprint density at radius 1 is 1.00 bits per heavy atom. The first-order valence-electron chi connectivity index (χ1n) is 6.34. The molecule has 0 amide bonds. The number of hydrogen-bond acceptors (Lipinski definition) is 5. The molecular formula is C13H16N2O4S3. The van der Waals surface area contributed by atoms with Crippen LogP contribution < -0.4 is 9.44 Å². The molecule has 0 atom stereocenters. The van der Waals surface area contributed by atoms with E-state index in [2.05, 4.69) is 9.44 Å². The molecule has 22 heavy (non-hydrogen) atoms. The zero-order chi connectivity index (χ0) is 16.2. The zero-order valence-electron chi connectivity index (χ0n) is 11.8. The van der Waals surface area contributed by atoms with Crippen molar-refractivity contribution in [3.8, 4) is 0 Å². The SMILES string of the molecule is CNS(=O)(=O)Cc1ccc(CNS(=O)(=O)c2cccs2)cc1. The molecule has 0 aliphatic rings. The number of thiophene rings is 1. The van der Waals surface area contributed by atoms with Gasteiger partial charge in [0.2, 0.25) is 20.0 Å². The average molecular weight is 360 g/mol. The maximum Gasteiger partial charge on any atom is 0.250 e. The fraction of sp³-hybridized carbons (Fsp3) is 0.231. The summed E-state index contributed by atoms with van der Waals surface area (Å²) in [5, 5.41) is 1.70. The highest BCUT2D eigenvalue weighted by atomic mass is 32.2. The van der Waals surface area contributed by atoms with Gasteiger partial charge in [0.1, 0.15) is 4.21 Å². The van der Waals surface area contributed by atoms with Crippen molar-refractivity contribution in [2.45, 2.75) is 16.5 Å². The monoisotopic (exact) mass is 360 g/mol. The van der Waals surface area contributed by atoms with Crippen molar-refractivity contribution < 1.29 is 16.8 Å². The molecule has 2 aromatic rings. The van der Waals surface area contributed by atoms with Gasteiger partial charge in [0, 0.05) is 6.54 Å². The van der Waals surface area contributed by atoms with Gasteiger partial charge < -0.3 is 0 Å². The minimum absolute atomic E-state index is 0.106. The van der Waals surface area contributed by atoms with Crippen LogP contribution in [0.4, 0.5) is 0 Å². The Kier molecular flexibility index (Phi) is 5.35. The van der Waals surface area contributed by atoms with Crippen LogP contribution >= 0.6 is 11.3 Å². The standard InChI is InChI=1S/C13H16N2O4S3/c1-14-21(16,17)10-12-6-4-11(5-7-12)9-15-22(18,19)13-3-2-8-20-13/h2-8,14-15H,9-10H2,1H3. The molecule has 6 nitrogen and oxygen atoms in total. The molecule has 2 N–H and O–H groups in total. The summed E-state index contributed by atoms with van der Waals surface area (Å²) in [7, 11) is -5.44. The second-order valence-corrected chi connectivity index (χ2v) is 9.40. The van der Waals surface area contributed by atoms with E-state index in [0.29, 0.717) is 5.56 Å². The lowest BCUT2D eigenvalue weighted by Gasteiger charge is -2.07. The molecule has 0 unspecified atom stereocenters. The lowest BCUT2D eigenvalue weighted by molar-refractivity contribution is 0.583. The van der Waals surface area contributed by atoms with Gasteiger partial charge in [-0.15, -0.1) is 11.3 Å². The molecule has 0 aliphatic heterocycles. The first kappa shape index (κ1) is 17.1. The van der Waals surface area contributed by atoms with Crippen molar-refractivity contribution in [3.05, 3.63) is 52.9 Å². The van der Waals surface area contributed by atoms with E-state index in [4.69, 9.17) is 0 Å². The van der Waals surface area contributed by atoms with Crippen LogP contribution in [0.15, 0.2) is 46.0 Å². The van der Waals surface area contributed by atoms with Crippen LogP contribution in [-0.4, -0.2) is 23.9 Å². The topological polar surface area (TPSA) is 92.3 Å². The minimum Gasteiger partial charge on any atom is -0.218 e. The van der Waals surface area contributed by atoms with E-state index in [1.54, 1.807) is 41.8 Å². The van der Waals surface area contributed by atoms with E-state index in [1.165, 1.54) is 7.05 Å². The van der Waals surface area contributed by atoms with Crippen molar-refractivity contribution in [1.82, 2.24) is 9.44 Å². The van der Waals surface area contributed by atoms with Gasteiger partial charge in [-0.2, -0.15) is 0 Å². The van der Waals surface area contributed by atoms with Crippen molar-refractivity contribution in [1.29, 1.82) is 0 Å². The van der Waals surface area contributed by atoms with Gasteiger partial charge in [0.25, 0.3) is 0 Å². The molecule has 120 valence electrons. The van der Waals surface area contributed by atoms with Crippen molar-refractivity contribution in [2.75, 3.05) is 7.05 Å². The summed E-state index contributed by atoms with van der Waals surface area (Å²) in [4.78, 5) is 0. The predicted molar refractivity (Wildman–Crippen MR) is 86.5 cm³/mol. The first-order chi connectivity index (χ1) is 10.3. The molecule has 0 radical (unpaired) electrons. The largest absolute Gasteiger partial charge is 0.250 e. The normalized spacial score (nSPS) is 12.4. The fourth-order valence-corrected chi connectivity index (χ4v) is 4.54. The van der Waals surface area contributed by atoms with Gasteiger partial charge in [0.05, 0.1) is 5.75 Å². The van der Waals surface area contributed by atoms with Crippen LogP contribution in [0.25, 0.3) is 0 Å². The maximum atomic E-state index is 12.0. The highest BCUT2D eigenvalue weighted by Crippen LogP contribution is 2.16. The molecule has 0 saturated carbocycles. The third-order valence-corrected chi connectivity index (χ3v) is 7.05. The fourth-order valence-electron chi connectivity index (χ4n) is 1.71. The third kappa shape index (κ3) is 4.62. The number of hydrogen-bond donors (Lipinski definition) is 2. The van der Waals surface area contributed by atoms with E-state index < -0.39 is 20.0 Å². The molecule has 0 spiro atoms. The van der Waals surface area contributed by atoms with Crippen molar-refractivity contribution >= 4 is 31.4 Å². The quantitative estimate of drug-likeness (QED) is 0.778. The zero-order valence-corrected chi connectivity index (χ0v) is 14.3. The van der Waals surface area contributed by atoms with Gasteiger partial charge in [-0.05, 0) is 29.6 Å². The van der Waals surface area contributed by atoms with Crippen LogP contribution in [0.2, 0.25) is 0 Å². The molecular weight excluding hydrogens is 344 g/mol. The maximum absolute atomic E-state index is 12.0. The number of rotatable bonds is 7. The Balaban J connectivity index is 2.00. The molecule has 2 rings (SSSR count). The Labute approximate surface area is 134 Å². The molecule has 1 aromatic heterocycles. The molecule has 9 heteroatoms. The van der Waals surface area contributed by atoms with Gasteiger partial charge >= 0.3 is 0 Å². The Morgan fingerprint density at radius 3 is 2.18 bits per heavy atom. The van der Waals surface area contributed by atoms with Gasteiger partial charge in [-0.25, -0.2) is 26.3 Å². The summed E-state index contributed by atoms with van der Waals surface area (Å²) >= 11 is 1.15. The van der Waals surface area contributed by atoms with E-state index in [1.807, 2.05) is 0 Å². The Bertz CT molecular complexity index is 811. The van der Waals surface area contributed by atoms with Gasteiger partial charge in [-0.3, -0.25) is 0 Å². The van der Waals surface area contributed by atoms with Crippen molar-refractivity contribution in [2.24, 2.45) is 0 Å². The summed E-state index contributed by atoms with van der Waals surface area (Å²) in [5.74, 6) is -0.106. The summed E-state index contributed by atoms with van der Waals surface area (Å²) in [6, 6.07) is 9.97. The second kappa shape index (κ2) is 6.88. The highest BCUT2D eigenvalue weighted by molar-refractivity contribution is 7.91. The van der Waals surface area contributed by atoms with Crippen LogP contribution in [-0.2, 0) is 32.3 Å². The van der Waals surface area contributed by atoms with E-state index in [9.17, 15) is 16.8 Å². The summed E-state index contributed by atoms with van der Waals surface area (Å²) < 4.78 is 51.8. The molecule has 0 bridgehead atoms. The predicted octanol–water partition coefficient (Wildman–Crippen LogP) is 1.28. The molecule has 1 heterocycles. The molecule has 0 saturated heterocycles. The van der Waals surface area contributed by atoms with Crippen LogP contribution in [0.5, 0.6) is 0 Å². The lowest BCUT2D eigenvalue weighted by atomic mass is 10.1. The number of benzene rings is 1. The summed E-state index contributed by atoms with van der Waals surface area (Å²) in [6.07, 6.45) is 0. The smallest absolute Gasteiger partial charge is 0.218 e. The van der Waals surface area contributed by atoms with Gasteiger partial charge in [0.15, 0.2) is 0 Å². The van der Waals surface area contributed by atoms with Crippen LogP contribution in [0.1, 0.15) is 11.1 Å². The van der Waals surface area contributed by atoms with E-state index in [0.717, 1.165) is 16.9 Å². The van der Waals surface area contributed by atoms with E-state index in [-0.39, 0.29) is 16.5 Å². The minimum atomic E-state index is -3.50.